The summed E-state index contributed by atoms with van der Waals surface area (Å²) in [5.74, 6) is 0. The van der Waals surface area contributed by atoms with Gasteiger partial charge in [0, 0.05) is 19.5 Å². The third-order valence-corrected chi connectivity index (χ3v) is 9.97. The molecule has 0 bridgehead atoms. The molecule has 4 heterocycles. The average molecular weight is 545 g/mol. The molecule has 192 valence electrons. The zero-order valence-corrected chi connectivity index (χ0v) is 24.4. The SMILES string of the molecule is CCCCCCc1ccc(/C=c2\s/c(=C/c3ccc(CCCCCC)s3)c3nc4ccccc4nc23)s1. The van der Waals surface area contributed by atoms with E-state index in [1.54, 1.807) is 0 Å². The molecule has 5 heteroatoms. The van der Waals surface area contributed by atoms with Crippen LogP contribution in [0.5, 0.6) is 0 Å². The molecule has 0 amide bonds. The number of unbranched alkanes of at least 4 members (excludes halogenated alkanes) is 6. The Morgan fingerprint density at radius 3 is 1.51 bits per heavy atom. The first-order valence-electron chi connectivity index (χ1n) is 13.8. The van der Waals surface area contributed by atoms with Gasteiger partial charge in [0.05, 0.1) is 20.1 Å². The largest absolute Gasteiger partial charge is 0.243 e. The van der Waals surface area contributed by atoms with E-state index < -0.39 is 0 Å². The Morgan fingerprint density at radius 2 is 1.05 bits per heavy atom. The lowest BCUT2D eigenvalue weighted by molar-refractivity contribution is 0.670. The zero-order chi connectivity index (χ0) is 25.5. The van der Waals surface area contributed by atoms with Crippen LogP contribution in [0, 0.1) is 0 Å². The number of hydrogen-bond donors (Lipinski definition) is 0. The lowest BCUT2D eigenvalue weighted by Gasteiger charge is -1.97. The highest BCUT2D eigenvalue weighted by Gasteiger charge is 2.09. The number of aromatic nitrogens is 2. The Hall–Kier alpha value is -2.34. The first-order chi connectivity index (χ1) is 18.2. The maximum absolute atomic E-state index is 5.08. The molecule has 4 aromatic heterocycles. The van der Waals surface area contributed by atoms with Crippen LogP contribution in [-0.2, 0) is 12.8 Å². The summed E-state index contributed by atoms with van der Waals surface area (Å²) in [6, 6.07) is 17.4. The van der Waals surface area contributed by atoms with E-state index >= 15 is 0 Å². The molecule has 0 N–H and O–H groups in total. The van der Waals surface area contributed by atoms with Gasteiger partial charge in [-0.05, 0) is 74.2 Å². The van der Waals surface area contributed by atoms with Crippen molar-refractivity contribution in [2.75, 3.05) is 0 Å². The van der Waals surface area contributed by atoms with Crippen LogP contribution in [-0.4, -0.2) is 9.97 Å². The molecule has 0 aliphatic heterocycles. The Labute approximate surface area is 232 Å². The lowest BCUT2D eigenvalue weighted by Crippen LogP contribution is -1.97. The maximum atomic E-state index is 5.08. The van der Waals surface area contributed by atoms with E-state index in [1.165, 1.54) is 92.8 Å². The topological polar surface area (TPSA) is 25.8 Å². The van der Waals surface area contributed by atoms with E-state index in [1.807, 2.05) is 46.1 Å². The van der Waals surface area contributed by atoms with Gasteiger partial charge in [-0.15, -0.1) is 34.0 Å². The number of rotatable bonds is 12. The third-order valence-electron chi connectivity index (χ3n) is 6.72. The average Bonchev–Trinajstić information content (AvgIpc) is 3.64. The summed E-state index contributed by atoms with van der Waals surface area (Å²) in [7, 11) is 0. The quantitative estimate of drug-likeness (QED) is 0.147. The van der Waals surface area contributed by atoms with Gasteiger partial charge in [-0.25, -0.2) is 9.97 Å². The molecule has 0 aliphatic carbocycles. The van der Waals surface area contributed by atoms with E-state index in [2.05, 4.69) is 62.4 Å². The predicted octanol–water partition coefficient (Wildman–Crippen LogP) is 8.87. The second-order valence-electron chi connectivity index (χ2n) is 9.76. The smallest absolute Gasteiger partial charge is 0.108 e. The summed E-state index contributed by atoms with van der Waals surface area (Å²) in [5.41, 5.74) is 3.96. The molecule has 0 radical (unpaired) electrons. The second kappa shape index (κ2) is 12.9. The van der Waals surface area contributed by atoms with Gasteiger partial charge in [0.25, 0.3) is 0 Å². The molecule has 0 saturated carbocycles. The molecule has 5 aromatic rings. The number of aryl methyl sites for hydroxylation is 2. The Bertz CT molecular complexity index is 1450. The first kappa shape index (κ1) is 26.3. The van der Waals surface area contributed by atoms with Gasteiger partial charge < -0.3 is 0 Å². The van der Waals surface area contributed by atoms with Crippen LogP contribution in [0.3, 0.4) is 0 Å². The summed E-state index contributed by atoms with van der Waals surface area (Å²) < 4.78 is 2.41. The molecular formula is C32H36N2S3. The van der Waals surface area contributed by atoms with Crippen molar-refractivity contribution in [1.29, 1.82) is 0 Å². The van der Waals surface area contributed by atoms with Crippen LogP contribution in [0.2, 0.25) is 0 Å². The van der Waals surface area contributed by atoms with Gasteiger partial charge in [-0.1, -0.05) is 64.5 Å². The highest BCUT2D eigenvalue weighted by atomic mass is 32.1. The summed E-state index contributed by atoms with van der Waals surface area (Å²) in [5, 5.41) is 0. The summed E-state index contributed by atoms with van der Waals surface area (Å²) in [6.07, 6.45) is 17.5. The van der Waals surface area contributed by atoms with E-state index in [4.69, 9.17) is 9.97 Å². The van der Waals surface area contributed by atoms with Gasteiger partial charge in [-0.3, -0.25) is 0 Å². The monoisotopic (exact) mass is 544 g/mol. The number of fused-ring (bicyclic) bond motifs is 2. The molecule has 0 fully saturated rings. The second-order valence-corrected chi connectivity index (χ2v) is 13.2. The standard InChI is InChI=1S/C32H36N2S3/c1-3-5-7-9-13-23-17-19-25(35-23)21-29-31-32(34-28-16-12-11-15-27(28)33-31)30(37-29)22-26-20-18-24(36-26)14-10-8-6-4-2/h11-12,15-22H,3-10,13-14H2,1-2H3/b29-21-,30-22+. The summed E-state index contributed by atoms with van der Waals surface area (Å²) in [6.45, 7) is 4.54. The summed E-state index contributed by atoms with van der Waals surface area (Å²) >= 11 is 5.66. The minimum absolute atomic E-state index is 0.960. The molecule has 0 unspecified atom stereocenters. The Morgan fingerprint density at radius 1 is 0.568 bits per heavy atom. The van der Waals surface area contributed by atoms with Crippen molar-refractivity contribution in [3.8, 4) is 0 Å². The Balaban J connectivity index is 1.50. The van der Waals surface area contributed by atoms with Crippen molar-refractivity contribution in [2.24, 2.45) is 0 Å². The van der Waals surface area contributed by atoms with E-state index in [-0.39, 0.29) is 0 Å². The highest BCUT2D eigenvalue weighted by Crippen LogP contribution is 2.22. The minimum atomic E-state index is 0.960. The fourth-order valence-electron chi connectivity index (χ4n) is 4.68. The molecule has 37 heavy (non-hydrogen) atoms. The van der Waals surface area contributed by atoms with Gasteiger partial charge in [0.1, 0.15) is 11.0 Å². The normalized spacial score (nSPS) is 12.9. The number of para-hydroxylation sites is 2. The molecule has 0 aliphatic rings. The third kappa shape index (κ3) is 6.76. The molecule has 2 nitrogen and oxygen atoms in total. The molecule has 0 saturated heterocycles. The van der Waals surface area contributed by atoms with E-state index in [0.29, 0.717) is 0 Å². The van der Waals surface area contributed by atoms with Crippen molar-refractivity contribution in [3.63, 3.8) is 0 Å². The van der Waals surface area contributed by atoms with Crippen molar-refractivity contribution < 1.29 is 0 Å². The molecule has 0 spiro atoms. The zero-order valence-electron chi connectivity index (χ0n) is 22.0. The molecule has 0 atom stereocenters. The lowest BCUT2D eigenvalue weighted by atomic mass is 10.1. The van der Waals surface area contributed by atoms with Crippen LogP contribution in [0.15, 0.2) is 48.5 Å². The van der Waals surface area contributed by atoms with Gasteiger partial charge >= 0.3 is 0 Å². The minimum Gasteiger partial charge on any atom is -0.243 e. The van der Waals surface area contributed by atoms with Crippen LogP contribution < -0.4 is 9.06 Å². The van der Waals surface area contributed by atoms with Gasteiger partial charge in [0.2, 0.25) is 0 Å². The summed E-state index contributed by atoms with van der Waals surface area (Å²) in [4.78, 5) is 15.7. The van der Waals surface area contributed by atoms with Crippen LogP contribution in [0.1, 0.15) is 84.7 Å². The van der Waals surface area contributed by atoms with Gasteiger partial charge in [-0.2, -0.15) is 0 Å². The van der Waals surface area contributed by atoms with Crippen molar-refractivity contribution in [2.45, 2.75) is 78.1 Å². The van der Waals surface area contributed by atoms with Crippen molar-refractivity contribution in [3.05, 3.63) is 77.1 Å². The molecule has 1 aromatic carbocycles. The van der Waals surface area contributed by atoms with E-state index in [0.717, 1.165) is 22.1 Å². The first-order valence-corrected chi connectivity index (χ1v) is 16.2. The van der Waals surface area contributed by atoms with Crippen molar-refractivity contribution >= 4 is 68.2 Å². The number of nitrogens with zero attached hydrogens (tertiary/aromatic N) is 2. The molecule has 5 rings (SSSR count). The van der Waals surface area contributed by atoms with Crippen LogP contribution >= 0.6 is 34.0 Å². The molecular weight excluding hydrogens is 509 g/mol. The van der Waals surface area contributed by atoms with Crippen molar-refractivity contribution in [1.82, 2.24) is 9.97 Å². The van der Waals surface area contributed by atoms with Crippen LogP contribution in [0.4, 0.5) is 0 Å². The van der Waals surface area contributed by atoms with Crippen LogP contribution in [0.25, 0.3) is 34.2 Å². The van der Waals surface area contributed by atoms with Gasteiger partial charge in [0.15, 0.2) is 0 Å². The fourth-order valence-corrected chi connectivity index (χ4v) is 7.91. The number of hydrogen-bond acceptors (Lipinski definition) is 5. The maximum Gasteiger partial charge on any atom is 0.108 e. The van der Waals surface area contributed by atoms with E-state index in [9.17, 15) is 0 Å². The number of thiophene rings is 3. The fraction of sp³-hybridized carbons (Fsp3) is 0.375. The Kier molecular flexibility index (Phi) is 9.19. The number of benzene rings is 1. The predicted molar refractivity (Wildman–Crippen MR) is 166 cm³/mol. The highest BCUT2D eigenvalue weighted by molar-refractivity contribution is 7.14.